The molecule has 0 aliphatic heterocycles. The van der Waals surface area contributed by atoms with Crippen LogP contribution in [0.4, 0.5) is 0 Å². The van der Waals surface area contributed by atoms with Gasteiger partial charge in [0.1, 0.15) is 19.3 Å². The maximum absolute atomic E-state index is 13.1. The predicted molar refractivity (Wildman–Crippen MR) is 418 cm³/mol. The number of phosphoric acid groups is 2. The molecule has 6 atom stereocenters. The molecule has 606 valence electrons. The molecule has 19 heteroatoms. The molecule has 3 unspecified atom stereocenters. The molecular formula is C83H162O17P2. The Balaban J connectivity index is 5.26. The minimum Gasteiger partial charge on any atom is -0.462 e. The van der Waals surface area contributed by atoms with Crippen molar-refractivity contribution in [2.24, 2.45) is 11.8 Å². The van der Waals surface area contributed by atoms with E-state index in [1.165, 1.54) is 257 Å². The van der Waals surface area contributed by atoms with Gasteiger partial charge in [-0.2, -0.15) is 0 Å². The Morgan fingerprint density at radius 2 is 0.500 bits per heavy atom. The molecule has 0 radical (unpaired) electrons. The number of carbonyl (C=O) groups excluding carboxylic acids is 4. The van der Waals surface area contributed by atoms with Crippen LogP contribution < -0.4 is 0 Å². The average molecular weight is 1490 g/mol. The number of rotatable bonds is 82. The Kier molecular flexibility index (Phi) is 73.1. The van der Waals surface area contributed by atoms with Gasteiger partial charge < -0.3 is 33.8 Å². The fourth-order valence-electron chi connectivity index (χ4n) is 12.9. The highest BCUT2D eigenvalue weighted by molar-refractivity contribution is 7.47. The molecule has 0 aromatic heterocycles. The van der Waals surface area contributed by atoms with Crippen LogP contribution in [0.1, 0.15) is 440 Å². The molecule has 0 rings (SSSR count). The van der Waals surface area contributed by atoms with Crippen molar-refractivity contribution >= 4 is 39.5 Å². The highest BCUT2D eigenvalue weighted by Crippen LogP contribution is 2.45. The van der Waals surface area contributed by atoms with Crippen molar-refractivity contribution in [1.29, 1.82) is 0 Å². The zero-order chi connectivity index (χ0) is 74.9. The number of carbonyl (C=O) groups is 4. The summed E-state index contributed by atoms with van der Waals surface area (Å²) in [5.41, 5.74) is 0. The molecule has 0 saturated heterocycles. The van der Waals surface area contributed by atoms with E-state index < -0.39 is 97.5 Å². The highest BCUT2D eigenvalue weighted by atomic mass is 31.2. The first-order valence-electron chi connectivity index (χ1n) is 43.0. The SMILES string of the molecule is CCCCCCCCCCCCCCCCCCCCC(=O)OC[C@H](COP(=O)(O)OC[C@@H](O)COP(=O)(O)OC[C@@H](COC(=O)CCCCCCCCCCCCCCC)OC(=O)CCCCCCCCCCCCC(C)C)OC(=O)CCCCCCCCCCCCCCCCC(C)CC. The maximum Gasteiger partial charge on any atom is 0.472 e. The Hall–Kier alpha value is -1.94. The number of ether oxygens (including phenoxy) is 4. The minimum atomic E-state index is -4.96. The van der Waals surface area contributed by atoms with Crippen molar-refractivity contribution in [2.75, 3.05) is 39.6 Å². The first kappa shape index (κ1) is 100. The number of hydrogen-bond acceptors (Lipinski definition) is 15. The summed E-state index contributed by atoms with van der Waals surface area (Å²) in [6.07, 6.45) is 65.0. The summed E-state index contributed by atoms with van der Waals surface area (Å²) in [6.45, 7) is 9.70. The lowest BCUT2D eigenvalue weighted by Gasteiger charge is -2.21. The van der Waals surface area contributed by atoms with E-state index in [0.29, 0.717) is 25.7 Å². The third-order valence-electron chi connectivity index (χ3n) is 19.8. The van der Waals surface area contributed by atoms with Crippen LogP contribution in [0.25, 0.3) is 0 Å². The monoisotopic (exact) mass is 1490 g/mol. The molecule has 0 spiro atoms. The number of unbranched alkanes of at least 4 members (excludes halogenated alkanes) is 51. The van der Waals surface area contributed by atoms with Crippen LogP contribution in [0.3, 0.4) is 0 Å². The first-order chi connectivity index (χ1) is 49.4. The van der Waals surface area contributed by atoms with Gasteiger partial charge in [0.15, 0.2) is 12.2 Å². The number of hydrogen-bond donors (Lipinski definition) is 3. The number of phosphoric ester groups is 2. The summed E-state index contributed by atoms with van der Waals surface area (Å²) in [7, 11) is -9.92. The maximum atomic E-state index is 13.1. The smallest absolute Gasteiger partial charge is 0.462 e. The van der Waals surface area contributed by atoms with Crippen molar-refractivity contribution in [3.63, 3.8) is 0 Å². The van der Waals surface area contributed by atoms with Gasteiger partial charge in [0.25, 0.3) is 0 Å². The second-order valence-corrected chi connectivity index (χ2v) is 33.5. The zero-order valence-electron chi connectivity index (χ0n) is 66.9. The topological polar surface area (TPSA) is 237 Å². The van der Waals surface area contributed by atoms with E-state index in [1.807, 2.05) is 0 Å². The summed E-state index contributed by atoms with van der Waals surface area (Å²) in [5.74, 6) is -0.506. The van der Waals surface area contributed by atoms with Crippen LogP contribution in [0.5, 0.6) is 0 Å². The van der Waals surface area contributed by atoms with Gasteiger partial charge in [-0.1, -0.05) is 388 Å². The third kappa shape index (κ3) is 74.9. The molecule has 0 amide bonds. The van der Waals surface area contributed by atoms with Crippen molar-refractivity contribution in [3.05, 3.63) is 0 Å². The predicted octanol–water partition coefficient (Wildman–Crippen LogP) is 25.1. The lowest BCUT2D eigenvalue weighted by atomic mass is 9.99. The summed E-state index contributed by atoms with van der Waals surface area (Å²) in [6, 6.07) is 0. The average Bonchev–Trinajstić information content (AvgIpc) is 0.910. The molecule has 0 aliphatic carbocycles. The normalized spacial score (nSPS) is 14.1. The van der Waals surface area contributed by atoms with Crippen LogP contribution in [0.2, 0.25) is 0 Å². The van der Waals surface area contributed by atoms with E-state index in [0.717, 1.165) is 102 Å². The fourth-order valence-corrected chi connectivity index (χ4v) is 14.4. The lowest BCUT2D eigenvalue weighted by Crippen LogP contribution is -2.30. The third-order valence-corrected chi connectivity index (χ3v) is 21.7. The van der Waals surface area contributed by atoms with Crippen LogP contribution in [0.15, 0.2) is 0 Å². The Morgan fingerprint density at radius 3 is 0.745 bits per heavy atom. The Bertz CT molecular complexity index is 1960. The van der Waals surface area contributed by atoms with E-state index in [4.69, 9.17) is 37.0 Å². The van der Waals surface area contributed by atoms with Gasteiger partial charge in [-0.15, -0.1) is 0 Å². The first-order valence-corrected chi connectivity index (χ1v) is 46.0. The number of aliphatic hydroxyl groups excluding tert-OH is 1. The molecular weight excluding hydrogens is 1330 g/mol. The van der Waals surface area contributed by atoms with Gasteiger partial charge >= 0.3 is 39.5 Å². The van der Waals surface area contributed by atoms with E-state index in [9.17, 15) is 43.2 Å². The van der Waals surface area contributed by atoms with Crippen LogP contribution in [-0.4, -0.2) is 96.7 Å². The van der Waals surface area contributed by atoms with E-state index in [-0.39, 0.29) is 25.7 Å². The quantitative estimate of drug-likeness (QED) is 0.0222. The molecule has 0 aromatic carbocycles. The molecule has 0 fully saturated rings. The van der Waals surface area contributed by atoms with E-state index >= 15 is 0 Å². The summed E-state index contributed by atoms with van der Waals surface area (Å²) in [5, 5.41) is 10.7. The van der Waals surface area contributed by atoms with Crippen molar-refractivity contribution in [1.82, 2.24) is 0 Å². The number of aliphatic hydroxyl groups is 1. The second-order valence-electron chi connectivity index (χ2n) is 30.6. The summed E-state index contributed by atoms with van der Waals surface area (Å²) in [4.78, 5) is 73.1. The summed E-state index contributed by atoms with van der Waals surface area (Å²) >= 11 is 0. The minimum absolute atomic E-state index is 0.107. The molecule has 0 aromatic rings. The lowest BCUT2D eigenvalue weighted by molar-refractivity contribution is -0.161. The molecule has 17 nitrogen and oxygen atoms in total. The van der Waals surface area contributed by atoms with Crippen LogP contribution in [0, 0.1) is 11.8 Å². The molecule has 0 aliphatic rings. The molecule has 0 saturated carbocycles. The van der Waals surface area contributed by atoms with E-state index in [1.54, 1.807) is 0 Å². The number of esters is 4. The van der Waals surface area contributed by atoms with Gasteiger partial charge in [-0.25, -0.2) is 9.13 Å². The standard InChI is InChI=1S/C83H162O17P2/c1-7-10-12-14-16-18-20-22-23-24-25-26-31-35-42-48-54-60-66-81(86)94-71-78(99-82(87)67-61-55-49-43-36-32-28-27-30-33-40-46-52-58-64-76(6)9-3)73-97-101(89,90)95-69-77(84)70-96-102(91,92)98-74-79(100-83(88)68-62-56-50-44-38-37-39-45-51-57-63-75(4)5)72-93-80(85)65-59-53-47-41-34-29-21-19-17-15-13-11-8-2/h75-79,84H,7-74H2,1-6H3,(H,89,90)(H,91,92)/t76?,77-,78-,79-/m1/s1. The van der Waals surface area contributed by atoms with Crippen molar-refractivity contribution < 1.29 is 80.2 Å². The molecule has 0 heterocycles. The summed E-state index contributed by atoms with van der Waals surface area (Å²) < 4.78 is 68.8. The Labute approximate surface area is 626 Å². The molecule has 102 heavy (non-hydrogen) atoms. The van der Waals surface area contributed by atoms with Crippen molar-refractivity contribution in [2.45, 2.75) is 458 Å². The van der Waals surface area contributed by atoms with Gasteiger partial charge in [0.05, 0.1) is 26.4 Å². The van der Waals surface area contributed by atoms with Gasteiger partial charge in [0, 0.05) is 25.7 Å². The largest absolute Gasteiger partial charge is 0.472 e. The molecule has 3 N–H and O–H groups in total. The van der Waals surface area contributed by atoms with Crippen LogP contribution >= 0.6 is 15.6 Å². The molecule has 0 bridgehead atoms. The zero-order valence-corrected chi connectivity index (χ0v) is 68.7. The van der Waals surface area contributed by atoms with Gasteiger partial charge in [-0.3, -0.25) is 37.3 Å². The Morgan fingerprint density at radius 1 is 0.284 bits per heavy atom. The fraction of sp³-hybridized carbons (Fsp3) is 0.952. The van der Waals surface area contributed by atoms with Gasteiger partial charge in [-0.05, 0) is 37.5 Å². The van der Waals surface area contributed by atoms with Gasteiger partial charge in [0.2, 0.25) is 0 Å². The van der Waals surface area contributed by atoms with Crippen molar-refractivity contribution in [3.8, 4) is 0 Å². The van der Waals surface area contributed by atoms with E-state index in [2.05, 4.69) is 41.5 Å². The highest BCUT2D eigenvalue weighted by Gasteiger charge is 2.30. The van der Waals surface area contributed by atoms with Crippen LogP contribution in [-0.2, 0) is 65.4 Å². The second kappa shape index (κ2) is 74.5.